The summed E-state index contributed by atoms with van der Waals surface area (Å²) in [5.74, 6) is 1.88. The molecule has 1 N–H and O–H groups in total. The minimum absolute atomic E-state index is 0.0452. The standard InChI is InChI=1S/C29H38N4O4/c1-31(22-25-9-12-28(34)30-25)21-24-4-3-5-27(20-24)37-19-18-32-14-16-33(17-15-32)29(35)13-8-23-6-10-26(36-2)11-7-23/h3-8,10-11,13,20,25H,9,12,14-19,21-22H2,1-2H3,(H,30,34)/b13-8+. The Hall–Kier alpha value is -3.36. The third-order valence-corrected chi connectivity index (χ3v) is 6.86. The quantitative estimate of drug-likeness (QED) is 0.473. The van der Waals surface area contributed by atoms with Gasteiger partial charge in [0.25, 0.3) is 0 Å². The predicted molar refractivity (Wildman–Crippen MR) is 144 cm³/mol. The Morgan fingerprint density at radius 1 is 1.11 bits per heavy atom. The lowest BCUT2D eigenvalue weighted by Gasteiger charge is -2.34. The van der Waals surface area contributed by atoms with E-state index in [-0.39, 0.29) is 17.9 Å². The summed E-state index contributed by atoms with van der Waals surface area (Å²) in [6.07, 6.45) is 5.04. The molecule has 0 bridgehead atoms. The van der Waals surface area contributed by atoms with E-state index in [4.69, 9.17) is 9.47 Å². The van der Waals surface area contributed by atoms with Crippen LogP contribution in [0.3, 0.4) is 0 Å². The molecular formula is C29H38N4O4. The van der Waals surface area contributed by atoms with Gasteiger partial charge in [-0.25, -0.2) is 0 Å². The van der Waals surface area contributed by atoms with Crippen molar-refractivity contribution in [2.45, 2.75) is 25.4 Å². The van der Waals surface area contributed by atoms with Gasteiger partial charge in [0.15, 0.2) is 0 Å². The SMILES string of the molecule is COc1ccc(/C=C/C(=O)N2CCN(CCOc3cccc(CN(C)CC4CCC(=O)N4)c3)CC2)cc1. The van der Waals surface area contributed by atoms with Crippen molar-refractivity contribution in [3.8, 4) is 11.5 Å². The Bertz CT molecular complexity index is 1060. The maximum Gasteiger partial charge on any atom is 0.246 e. The Morgan fingerprint density at radius 2 is 1.89 bits per heavy atom. The van der Waals surface area contributed by atoms with Gasteiger partial charge in [0.2, 0.25) is 11.8 Å². The first-order valence-corrected chi connectivity index (χ1v) is 13.0. The number of piperazine rings is 1. The highest BCUT2D eigenvalue weighted by molar-refractivity contribution is 5.91. The van der Waals surface area contributed by atoms with Crippen LogP contribution in [0.15, 0.2) is 54.6 Å². The third-order valence-electron chi connectivity index (χ3n) is 6.86. The molecule has 2 aliphatic rings. The first-order valence-electron chi connectivity index (χ1n) is 13.0. The van der Waals surface area contributed by atoms with Gasteiger partial charge in [0.1, 0.15) is 18.1 Å². The van der Waals surface area contributed by atoms with Crippen LogP contribution in [0.25, 0.3) is 6.08 Å². The fraction of sp³-hybridized carbons (Fsp3) is 0.448. The lowest BCUT2D eigenvalue weighted by atomic mass is 10.1. The van der Waals surface area contributed by atoms with Gasteiger partial charge in [-0.15, -0.1) is 0 Å². The van der Waals surface area contributed by atoms with Crippen LogP contribution in [0, 0.1) is 0 Å². The Kier molecular flexibility index (Phi) is 9.57. The van der Waals surface area contributed by atoms with Gasteiger partial charge < -0.3 is 24.6 Å². The average Bonchev–Trinajstić information content (AvgIpc) is 3.32. The predicted octanol–water partition coefficient (Wildman–Crippen LogP) is 2.64. The van der Waals surface area contributed by atoms with Crippen molar-refractivity contribution in [1.29, 1.82) is 0 Å². The molecule has 2 aromatic carbocycles. The molecule has 2 aliphatic heterocycles. The van der Waals surface area contributed by atoms with E-state index in [1.54, 1.807) is 13.2 Å². The maximum absolute atomic E-state index is 12.6. The largest absolute Gasteiger partial charge is 0.497 e. The molecular weight excluding hydrogens is 468 g/mol. The van der Waals surface area contributed by atoms with E-state index < -0.39 is 0 Å². The molecule has 0 radical (unpaired) electrons. The normalized spacial score (nSPS) is 18.4. The van der Waals surface area contributed by atoms with Crippen molar-refractivity contribution >= 4 is 17.9 Å². The number of carbonyl (C=O) groups excluding carboxylic acids is 2. The molecule has 8 heteroatoms. The van der Waals surface area contributed by atoms with Crippen molar-refractivity contribution in [3.05, 3.63) is 65.7 Å². The van der Waals surface area contributed by atoms with Crippen LogP contribution in [0.1, 0.15) is 24.0 Å². The van der Waals surface area contributed by atoms with Crippen LogP contribution in [-0.4, -0.2) is 92.6 Å². The summed E-state index contributed by atoms with van der Waals surface area (Å²) in [4.78, 5) is 30.5. The van der Waals surface area contributed by atoms with Crippen molar-refractivity contribution in [2.24, 2.45) is 0 Å². The first kappa shape index (κ1) is 26.7. The van der Waals surface area contributed by atoms with Gasteiger partial charge in [0.05, 0.1) is 7.11 Å². The number of ether oxygens (including phenoxy) is 2. The highest BCUT2D eigenvalue weighted by Gasteiger charge is 2.22. The zero-order valence-electron chi connectivity index (χ0n) is 21.9. The second-order valence-electron chi connectivity index (χ2n) is 9.77. The summed E-state index contributed by atoms with van der Waals surface area (Å²) in [7, 11) is 3.72. The van der Waals surface area contributed by atoms with Crippen LogP contribution < -0.4 is 14.8 Å². The maximum atomic E-state index is 12.6. The highest BCUT2D eigenvalue weighted by atomic mass is 16.5. The lowest BCUT2D eigenvalue weighted by molar-refractivity contribution is -0.127. The topological polar surface area (TPSA) is 74.4 Å². The lowest BCUT2D eigenvalue weighted by Crippen LogP contribution is -2.49. The Labute approximate surface area is 219 Å². The van der Waals surface area contributed by atoms with Gasteiger partial charge >= 0.3 is 0 Å². The second-order valence-corrected chi connectivity index (χ2v) is 9.77. The molecule has 2 fully saturated rings. The van der Waals surface area contributed by atoms with E-state index in [1.807, 2.05) is 47.4 Å². The van der Waals surface area contributed by atoms with E-state index in [2.05, 4.69) is 34.3 Å². The highest BCUT2D eigenvalue weighted by Crippen LogP contribution is 2.16. The van der Waals surface area contributed by atoms with Gasteiger partial charge in [-0.2, -0.15) is 0 Å². The number of benzene rings is 2. The summed E-state index contributed by atoms with van der Waals surface area (Å²) >= 11 is 0. The van der Waals surface area contributed by atoms with Gasteiger partial charge in [-0.1, -0.05) is 24.3 Å². The summed E-state index contributed by atoms with van der Waals surface area (Å²) in [6, 6.07) is 16.1. The van der Waals surface area contributed by atoms with E-state index >= 15 is 0 Å². The number of nitrogens with zero attached hydrogens (tertiary/aromatic N) is 3. The number of hydrogen-bond acceptors (Lipinski definition) is 6. The number of amides is 2. The number of methoxy groups -OCH3 is 1. The molecule has 2 aromatic rings. The van der Waals surface area contributed by atoms with Crippen LogP contribution in [0.5, 0.6) is 11.5 Å². The average molecular weight is 507 g/mol. The molecule has 1 unspecified atom stereocenters. The van der Waals surface area contributed by atoms with Gasteiger partial charge in [0, 0.05) is 64.4 Å². The van der Waals surface area contributed by atoms with E-state index in [9.17, 15) is 9.59 Å². The van der Waals surface area contributed by atoms with Gasteiger partial charge in [-0.3, -0.25) is 14.5 Å². The minimum Gasteiger partial charge on any atom is -0.497 e. The molecule has 37 heavy (non-hydrogen) atoms. The van der Waals surface area contributed by atoms with E-state index in [0.717, 1.165) is 69.3 Å². The van der Waals surface area contributed by atoms with Crippen LogP contribution >= 0.6 is 0 Å². The Morgan fingerprint density at radius 3 is 2.59 bits per heavy atom. The van der Waals surface area contributed by atoms with E-state index in [0.29, 0.717) is 13.0 Å². The van der Waals surface area contributed by atoms with Crippen LogP contribution in [0.4, 0.5) is 0 Å². The molecule has 198 valence electrons. The molecule has 2 amide bonds. The third kappa shape index (κ3) is 8.33. The fourth-order valence-electron chi connectivity index (χ4n) is 4.77. The van der Waals surface area contributed by atoms with Crippen LogP contribution in [-0.2, 0) is 16.1 Å². The van der Waals surface area contributed by atoms with Crippen molar-refractivity contribution in [2.75, 3.05) is 60.0 Å². The molecule has 4 rings (SSSR count). The Balaban J connectivity index is 1.14. The first-order chi connectivity index (χ1) is 18.0. The zero-order chi connectivity index (χ0) is 26.0. The number of carbonyl (C=O) groups is 2. The van der Waals surface area contributed by atoms with Crippen LogP contribution in [0.2, 0.25) is 0 Å². The zero-order valence-corrected chi connectivity index (χ0v) is 21.9. The molecule has 0 saturated carbocycles. The number of rotatable bonds is 11. The monoisotopic (exact) mass is 506 g/mol. The van der Waals surface area contributed by atoms with E-state index in [1.165, 1.54) is 5.56 Å². The molecule has 2 saturated heterocycles. The number of nitrogens with one attached hydrogen (secondary N) is 1. The molecule has 8 nitrogen and oxygen atoms in total. The fourth-order valence-corrected chi connectivity index (χ4v) is 4.77. The van der Waals surface area contributed by atoms with Crippen molar-refractivity contribution in [3.63, 3.8) is 0 Å². The molecule has 0 aromatic heterocycles. The molecule has 1 atom stereocenters. The summed E-state index contributed by atoms with van der Waals surface area (Å²) in [5, 5.41) is 3.03. The number of hydrogen-bond donors (Lipinski definition) is 1. The smallest absolute Gasteiger partial charge is 0.246 e. The molecule has 2 heterocycles. The number of likely N-dealkylation sites (N-methyl/N-ethyl adjacent to an activating group) is 1. The van der Waals surface area contributed by atoms with Crippen molar-refractivity contribution < 1.29 is 19.1 Å². The minimum atomic E-state index is 0.0452. The summed E-state index contributed by atoms with van der Waals surface area (Å²) in [6.45, 7) is 6.22. The molecule has 0 aliphatic carbocycles. The van der Waals surface area contributed by atoms with Gasteiger partial charge in [-0.05, 0) is 54.9 Å². The second kappa shape index (κ2) is 13.3. The molecule has 0 spiro atoms. The van der Waals surface area contributed by atoms with Crippen molar-refractivity contribution in [1.82, 2.24) is 20.0 Å². The summed E-state index contributed by atoms with van der Waals surface area (Å²) in [5.41, 5.74) is 2.17. The summed E-state index contributed by atoms with van der Waals surface area (Å²) < 4.78 is 11.2.